The monoisotopic (exact) mass is 958 g/mol. The first-order valence-corrected chi connectivity index (χ1v) is 26.7. The Balaban J connectivity index is 1.03. The predicted octanol–water partition coefficient (Wildman–Crippen LogP) is 16.5. The smallest absolute Gasteiger partial charge is 0.264 e. The zero-order valence-corrected chi connectivity index (χ0v) is 42.8. The predicted molar refractivity (Wildman–Crippen MR) is 311 cm³/mol. The fourth-order valence-corrected chi connectivity index (χ4v) is 13.7. The van der Waals surface area contributed by atoms with Crippen LogP contribution in [0, 0.1) is 0 Å². The minimum absolute atomic E-state index is 0.00914. The second-order valence-electron chi connectivity index (χ2n) is 21.7. The molecular formula is C67H55BN4S. The lowest BCUT2D eigenvalue weighted by Gasteiger charge is -2.46. The number of nitrogens with zero attached hydrogens (tertiary/aromatic N) is 4. The molecule has 4 nitrogen and oxygen atoms in total. The van der Waals surface area contributed by atoms with E-state index in [9.17, 15) is 0 Å². The highest BCUT2D eigenvalue weighted by atomic mass is 32.1. The molecule has 352 valence electrons. The van der Waals surface area contributed by atoms with E-state index in [1.54, 1.807) is 0 Å². The van der Waals surface area contributed by atoms with E-state index in [0.717, 1.165) is 41.3 Å². The van der Waals surface area contributed by atoms with Gasteiger partial charge in [0.2, 0.25) is 0 Å². The Labute approximate surface area is 434 Å². The molecule has 73 heavy (non-hydrogen) atoms. The number of hydrogen-bond acceptors (Lipinski definition) is 5. The van der Waals surface area contributed by atoms with Gasteiger partial charge >= 0.3 is 0 Å². The first-order valence-electron chi connectivity index (χ1n) is 25.8. The maximum absolute atomic E-state index is 2.64. The van der Waals surface area contributed by atoms with Crippen molar-refractivity contribution in [1.29, 1.82) is 0 Å². The first-order chi connectivity index (χ1) is 35.6. The van der Waals surface area contributed by atoms with E-state index in [0.29, 0.717) is 0 Å². The lowest BCUT2D eigenvalue weighted by molar-refractivity contribution is 0.590. The van der Waals surface area contributed by atoms with Gasteiger partial charge in [0.25, 0.3) is 6.71 Å². The summed E-state index contributed by atoms with van der Waals surface area (Å²) in [5, 5.41) is 1.20. The average molecular weight is 959 g/mol. The Bertz CT molecular complexity index is 3670. The average Bonchev–Trinajstić information content (AvgIpc) is 3.93. The third kappa shape index (κ3) is 6.80. The third-order valence-corrected chi connectivity index (χ3v) is 17.2. The van der Waals surface area contributed by atoms with Crippen LogP contribution in [0.5, 0.6) is 0 Å². The van der Waals surface area contributed by atoms with Gasteiger partial charge in [-0.15, -0.1) is 11.3 Å². The maximum atomic E-state index is 2.64. The van der Waals surface area contributed by atoms with E-state index >= 15 is 0 Å². The number of thiophene rings is 1. The van der Waals surface area contributed by atoms with Gasteiger partial charge in [-0.3, -0.25) is 0 Å². The van der Waals surface area contributed by atoms with E-state index < -0.39 is 0 Å². The molecule has 0 fully saturated rings. The molecule has 0 radical (unpaired) electrons. The van der Waals surface area contributed by atoms with Crippen molar-refractivity contribution < 1.29 is 0 Å². The molecule has 0 atom stereocenters. The Morgan fingerprint density at radius 1 is 0.479 bits per heavy atom. The lowest BCUT2D eigenvalue weighted by Crippen LogP contribution is -2.61. The van der Waals surface area contributed by atoms with Crippen molar-refractivity contribution in [3.63, 3.8) is 0 Å². The van der Waals surface area contributed by atoms with Gasteiger partial charge in [-0.25, -0.2) is 0 Å². The molecule has 6 heteroatoms. The molecule has 0 spiro atoms. The van der Waals surface area contributed by atoms with Gasteiger partial charge < -0.3 is 19.6 Å². The van der Waals surface area contributed by atoms with Crippen molar-refractivity contribution in [2.45, 2.75) is 58.3 Å². The second kappa shape index (κ2) is 16.5. The molecule has 0 saturated carbocycles. The van der Waals surface area contributed by atoms with Crippen LogP contribution in [-0.4, -0.2) is 6.71 Å². The summed E-state index contributed by atoms with van der Waals surface area (Å²) in [6.45, 7) is 11.8. The Morgan fingerprint density at radius 2 is 1.03 bits per heavy atom. The van der Waals surface area contributed by atoms with E-state index in [1.165, 1.54) is 93.8 Å². The van der Waals surface area contributed by atoms with E-state index in [-0.39, 0.29) is 17.5 Å². The summed E-state index contributed by atoms with van der Waals surface area (Å²) in [4.78, 5) is 10.1. The van der Waals surface area contributed by atoms with Crippen molar-refractivity contribution in [2.75, 3.05) is 19.6 Å². The number of anilines is 12. The summed E-state index contributed by atoms with van der Waals surface area (Å²) >= 11 is 1.95. The maximum Gasteiger partial charge on any atom is 0.264 e. The standard InChI is InChI=1S/C67H55BN4S/c1-66(2,3)45-32-34-51(35-33-45)71-59-41-55-54-38-36-52(69(46-21-11-6-12-22-46)47-23-13-7-14-24-47)40-56(54)67(4,5)57(55)42-58(59)68-63-60(71)39-44-31-37-53(44)64(63)72(50-29-19-10-20-30-50)61-43-62(73-65(61)68)70(48-25-15-8-16-26-48)49-27-17-9-18-28-49/h6-30,32-36,38-43H,31,37H2,1-5H3. The molecule has 14 rings (SSSR count). The third-order valence-electron chi connectivity index (χ3n) is 16.0. The van der Waals surface area contributed by atoms with Crippen LogP contribution in [0.1, 0.15) is 62.4 Å². The van der Waals surface area contributed by atoms with E-state index in [2.05, 4.69) is 273 Å². The molecule has 4 aliphatic rings. The lowest BCUT2D eigenvalue weighted by atomic mass is 9.35. The van der Waals surface area contributed by atoms with Gasteiger partial charge in [0.05, 0.1) is 5.69 Å². The highest BCUT2D eigenvalue weighted by molar-refractivity contribution is 7.31. The van der Waals surface area contributed by atoms with Crippen LogP contribution >= 0.6 is 11.3 Å². The quantitative estimate of drug-likeness (QED) is 0.141. The van der Waals surface area contributed by atoms with Crippen LogP contribution < -0.4 is 35.3 Å². The molecule has 0 N–H and O–H groups in total. The summed E-state index contributed by atoms with van der Waals surface area (Å²) in [5.74, 6) is 0. The fourth-order valence-electron chi connectivity index (χ4n) is 12.4. The number of benzene rings is 9. The van der Waals surface area contributed by atoms with Crippen molar-refractivity contribution in [3.8, 4) is 11.1 Å². The van der Waals surface area contributed by atoms with Crippen molar-refractivity contribution in [2.24, 2.45) is 0 Å². The molecule has 1 aromatic heterocycles. The first kappa shape index (κ1) is 43.7. The van der Waals surface area contributed by atoms with E-state index in [1.807, 2.05) is 11.3 Å². The molecule has 0 amide bonds. The minimum atomic E-state index is -0.289. The molecule has 0 bridgehead atoms. The summed E-state index contributed by atoms with van der Waals surface area (Å²) in [6, 6.07) is 81.4. The van der Waals surface area contributed by atoms with Gasteiger partial charge in [-0.2, -0.15) is 0 Å². The molecule has 0 unspecified atom stereocenters. The Hall–Kier alpha value is -8.06. The van der Waals surface area contributed by atoms with Gasteiger partial charge in [-0.05, 0) is 171 Å². The number of rotatable bonds is 8. The fraction of sp³-hybridized carbons (Fsp3) is 0.134. The molecule has 3 heterocycles. The highest BCUT2D eigenvalue weighted by Crippen LogP contribution is 2.56. The summed E-state index contributed by atoms with van der Waals surface area (Å²) in [6.07, 6.45) is 2.13. The summed E-state index contributed by atoms with van der Waals surface area (Å²) in [5.41, 5.74) is 25.3. The van der Waals surface area contributed by atoms with Crippen LogP contribution in [0.15, 0.2) is 218 Å². The number of hydrogen-bond donors (Lipinski definition) is 0. The zero-order valence-electron chi connectivity index (χ0n) is 42.0. The van der Waals surface area contributed by atoms with Crippen molar-refractivity contribution >= 4 is 101 Å². The topological polar surface area (TPSA) is 13.0 Å². The Kier molecular flexibility index (Phi) is 9.87. The normalized spacial score (nSPS) is 14.3. The number of aryl methyl sites for hydroxylation is 1. The molecule has 9 aromatic carbocycles. The number of fused-ring (bicyclic) bond motifs is 9. The van der Waals surface area contributed by atoms with Crippen molar-refractivity contribution in [1.82, 2.24) is 0 Å². The van der Waals surface area contributed by atoms with Gasteiger partial charge in [0.15, 0.2) is 0 Å². The summed E-state index contributed by atoms with van der Waals surface area (Å²) in [7, 11) is 0. The van der Waals surface area contributed by atoms with Crippen LogP contribution in [0.25, 0.3) is 11.1 Å². The van der Waals surface area contributed by atoms with Crippen LogP contribution in [0.2, 0.25) is 0 Å². The molecular weight excluding hydrogens is 904 g/mol. The largest absolute Gasteiger partial charge is 0.311 e. The molecule has 10 aromatic rings. The van der Waals surface area contributed by atoms with Gasteiger partial charge in [-0.1, -0.05) is 150 Å². The van der Waals surface area contributed by atoms with Crippen LogP contribution in [0.4, 0.5) is 67.6 Å². The molecule has 2 aliphatic heterocycles. The summed E-state index contributed by atoms with van der Waals surface area (Å²) < 4.78 is 1.37. The highest BCUT2D eigenvalue weighted by Gasteiger charge is 2.49. The number of para-hydroxylation sites is 5. The molecule has 2 aliphatic carbocycles. The molecule has 0 saturated heterocycles. The minimum Gasteiger partial charge on any atom is -0.311 e. The van der Waals surface area contributed by atoms with Crippen LogP contribution in [0.3, 0.4) is 0 Å². The van der Waals surface area contributed by atoms with Gasteiger partial charge in [0, 0.05) is 67.1 Å². The van der Waals surface area contributed by atoms with Crippen LogP contribution in [-0.2, 0) is 23.7 Å². The zero-order chi connectivity index (χ0) is 49.2. The second-order valence-corrected chi connectivity index (χ2v) is 22.8. The Morgan fingerprint density at radius 3 is 1.59 bits per heavy atom. The van der Waals surface area contributed by atoms with Crippen molar-refractivity contribution in [3.05, 3.63) is 246 Å². The SMILES string of the molecule is CC(C)(C)c1ccc(N2c3cc4c(cc3B3c5sc(N(c6ccccc6)c6ccccc6)cc5N(c5ccccc5)c5c6c(cc2c53)CC6)C(C)(C)c2cc(N(c3ccccc3)c3ccccc3)ccc2-4)cc1. The van der Waals surface area contributed by atoms with E-state index in [4.69, 9.17) is 0 Å². The van der Waals surface area contributed by atoms with Gasteiger partial charge in [0.1, 0.15) is 5.00 Å².